The van der Waals surface area contributed by atoms with E-state index in [4.69, 9.17) is 12.2 Å². The van der Waals surface area contributed by atoms with Crippen molar-refractivity contribution in [1.29, 1.82) is 0 Å². The van der Waals surface area contributed by atoms with E-state index < -0.39 is 0 Å². The van der Waals surface area contributed by atoms with Crippen molar-refractivity contribution >= 4 is 33.3 Å². The van der Waals surface area contributed by atoms with E-state index in [9.17, 15) is 0 Å². The van der Waals surface area contributed by atoms with Gasteiger partial charge in [-0.05, 0) is 36.8 Å². The van der Waals surface area contributed by atoms with Crippen LogP contribution in [0, 0.1) is 0 Å². The summed E-state index contributed by atoms with van der Waals surface area (Å²) < 4.78 is 1.09. The molecule has 0 atom stereocenters. The highest BCUT2D eigenvalue weighted by Crippen LogP contribution is 2.09. The van der Waals surface area contributed by atoms with Gasteiger partial charge in [0.2, 0.25) is 0 Å². The quantitative estimate of drug-likeness (QED) is 0.827. The van der Waals surface area contributed by atoms with Crippen LogP contribution in [0.4, 0.5) is 0 Å². The second kappa shape index (κ2) is 5.98. The maximum atomic E-state index is 5.05. The first kappa shape index (κ1) is 11.5. The molecule has 0 amide bonds. The number of rotatable bonds is 3. The smallest absolute Gasteiger partial charge is 0.166 e. The van der Waals surface area contributed by atoms with Gasteiger partial charge in [0.05, 0.1) is 0 Å². The maximum Gasteiger partial charge on any atom is 0.166 e. The van der Waals surface area contributed by atoms with E-state index >= 15 is 0 Å². The van der Waals surface area contributed by atoms with Gasteiger partial charge in [0.15, 0.2) is 5.11 Å². The summed E-state index contributed by atoms with van der Waals surface area (Å²) in [6.07, 6.45) is 0. The van der Waals surface area contributed by atoms with E-state index in [1.807, 2.05) is 19.1 Å². The number of nitrogens with one attached hydrogen (secondary N) is 2. The molecule has 0 aliphatic heterocycles. The highest BCUT2D eigenvalue weighted by molar-refractivity contribution is 9.10. The SMILES string of the molecule is CCNC(=S)NCc1ccc(Br)cc1. The van der Waals surface area contributed by atoms with Gasteiger partial charge in [-0.25, -0.2) is 0 Å². The van der Waals surface area contributed by atoms with E-state index in [-0.39, 0.29) is 0 Å². The number of hydrogen-bond donors (Lipinski definition) is 2. The number of halogens is 1. The fourth-order valence-electron chi connectivity index (χ4n) is 1.01. The Morgan fingerprint density at radius 2 is 1.93 bits per heavy atom. The summed E-state index contributed by atoms with van der Waals surface area (Å²) in [5, 5.41) is 6.87. The van der Waals surface area contributed by atoms with Crippen LogP contribution in [-0.2, 0) is 6.54 Å². The molecular formula is C10H13BrN2S. The first-order valence-corrected chi connectivity index (χ1v) is 5.68. The van der Waals surface area contributed by atoms with Crippen LogP contribution in [0.2, 0.25) is 0 Å². The van der Waals surface area contributed by atoms with Crippen molar-refractivity contribution in [3.05, 3.63) is 34.3 Å². The Labute approximate surface area is 98.2 Å². The van der Waals surface area contributed by atoms with Crippen molar-refractivity contribution in [3.63, 3.8) is 0 Å². The Balaban J connectivity index is 2.38. The van der Waals surface area contributed by atoms with E-state index in [1.165, 1.54) is 5.56 Å². The molecule has 0 fully saturated rings. The predicted octanol–water partition coefficient (Wildman–Crippen LogP) is 2.43. The Bertz CT molecular complexity index is 297. The van der Waals surface area contributed by atoms with Crippen LogP contribution in [0.15, 0.2) is 28.7 Å². The highest BCUT2D eigenvalue weighted by atomic mass is 79.9. The molecule has 0 radical (unpaired) electrons. The van der Waals surface area contributed by atoms with Crippen LogP contribution in [0.5, 0.6) is 0 Å². The molecule has 2 nitrogen and oxygen atoms in total. The molecule has 0 spiro atoms. The Hall–Kier alpha value is -0.610. The molecule has 4 heteroatoms. The Morgan fingerprint density at radius 1 is 1.29 bits per heavy atom. The molecule has 0 aliphatic rings. The van der Waals surface area contributed by atoms with Gasteiger partial charge in [-0.3, -0.25) is 0 Å². The van der Waals surface area contributed by atoms with Crippen LogP contribution in [0.3, 0.4) is 0 Å². The molecule has 0 aliphatic carbocycles. The summed E-state index contributed by atoms with van der Waals surface area (Å²) >= 11 is 8.44. The maximum absolute atomic E-state index is 5.05. The van der Waals surface area contributed by atoms with E-state index in [0.29, 0.717) is 5.11 Å². The minimum Gasteiger partial charge on any atom is -0.363 e. The third kappa shape index (κ3) is 4.07. The lowest BCUT2D eigenvalue weighted by Crippen LogP contribution is -2.34. The topological polar surface area (TPSA) is 24.1 Å². The molecule has 0 aromatic heterocycles. The number of thiocarbonyl (C=S) groups is 1. The molecule has 0 heterocycles. The first-order valence-electron chi connectivity index (χ1n) is 4.48. The fourth-order valence-corrected chi connectivity index (χ4v) is 1.49. The lowest BCUT2D eigenvalue weighted by Gasteiger charge is -2.08. The van der Waals surface area contributed by atoms with Crippen molar-refractivity contribution in [3.8, 4) is 0 Å². The molecule has 1 aromatic carbocycles. The summed E-state index contributed by atoms with van der Waals surface area (Å²) in [6.45, 7) is 3.64. The van der Waals surface area contributed by atoms with Crippen LogP contribution in [-0.4, -0.2) is 11.7 Å². The first-order chi connectivity index (χ1) is 6.72. The Kier molecular flexibility index (Phi) is 4.90. The lowest BCUT2D eigenvalue weighted by atomic mass is 10.2. The van der Waals surface area contributed by atoms with Gasteiger partial charge < -0.3 is 10.6 Å². The van der Waals surface area contributed by atoms with Crippen LogP contribution in [0.1, 0.15) is 12.5 Å². The van der Waals surface area contributed by atoms with Gasteiger partial charge in [-0.1, -0.05) is 28.1 Å². The Morgan fingerprint density at radius 3 is 2.50 bits per heavy atom. The van der Waals surface area contributed by atoms with Gasteiger partial charge in [-0.2, -0.15) is 0 Å². The van der Waals surface area contributed by atoms with Gasteiger partial charge in [-0.15, -0.1) is 0 Å². The predicted molar refractivity (Wildman–Crippen MR) is 67.3 cm³/mol. The highest BCUT2D eigenvalue weighted by Gasteiger charge is 1.94. The average Bonchev–Trinajstić information content (AvgIpc) is 2.17. The van der Waals surface area contributed by atoms with E-state index in [1.54, 1.807) is 0 Å². The zero-order valence-corrected chi connectivity index (χ0v) is 10.4. The normalized spacial score (nSPS) is 9.57. The van der Waals surface area contributed by atoms with Gasteiger partial charge in [0.25, 0.3) is 0 Å². The summed E-state index contributed by atoms with van der Waals surface area (Å²) in [5.74, 6) is 0. The summed E-state index contributed by atoms with van der Waals surface area (Å²) in [4.78, 5) is 0. The van der Waals surface area contributed by atoms with E-state index in [2.05, 4.69) is 38.7 Å². The van der Waals surface area contributed by atoms with Gasteiger partial charge >= 0.3 is 0 Å². The molecule has 0 unspecified atom stereocenters. The molecule has 1 rings (SSSR count). The number of benzene rings is 1. The number of hydrogen-bond acceptors (Lipinski definition) is 1. The zero-order valence-electron chi connectivity index (χ0n) is 8.01. The molecule has 0 saturated heterocycles. The lowest BCUT2D eigenvalue weighted by molar-refractivity contribution is 0.854. The van der Waals surface area contributed by atoms with Crippen LogP contribution < -0.4 is 10.6 Å². The third-order valence-corrected chi connectivity index (χ3v) is 2.52. The van der Waals surface area contributed by atoms with Crippen LogP contribution >= 0.6 is 28.1 Å². The molecule has 1 aromatic rings. The van der Waals surface area contributed by atoms with Gasteiger partial charge in [0, 0.05) is 17.6 Å². The van der Waals surface area contributed by atoms with Crippen molar-refractivity contribution in [2.24, 2.45) is 0 Å². The molecular weight excluding hydrogens is 260 g/mol. The second-order valence-corrected chi connectivity index (χ2v) is 4.16. The summed E-state index contributed by atoms with van der Waals surface area (Å²) in [5.41, 5.74) is 1.22. The summed E-state index contributed by atoms with van der Waals surface area (Å²) in [7, 11) is 0. The van der Waals surface area contributed by atoms with Crippen LogP contribution in [0.25, 0.3) is 0 Å². The molecule has 76 valence electrons. The van der Waals surface area contributed by atoms with Crippen molar-refractivity contribution < 1.29 is 0 Å². The average molecular weight is 273 g/mol. The second-order valence-electron chi connectivity index (χ2n) is 2.84. The molecule has 14 heavy (non-hydrogen) atoms. The molecule has 0 saturated carbocycles. The third-order valence-electron chi connectivity index (χ3n) is 1.70. The largest absolute Gasteiger partial charge is 0.363 e. The molecule has 0 bridgehead atoms. The molecule has 2 N–H and O–H groups in total. The monoisotopic (exact) mass is 272 g/mol. The van der Waals surface area contributed by atoms with Crippen molar-refractivity contribution in [2.75, 3.05) is 6.54 Å². The minimum absolute atomic E-state index is 0.704. The minimum atomic E-state index is 0.704. The van der Waals surface area contributed by atoms with Crippen molar-refractivity contribution in [1.82, 2.24) is 10.6 Å². The standard InChI is InChI=1S/C10H13BrN2S/c1-2-12-10(14)13-7-8-3-5-9(11)6-4-8/h3-6H,2,7H2,1H3,(H2,12,13,14). The fraction of sp³-hybridized carbons (Fsp3) is 0.300. The van der Waals surface area contributed by atoms with Crippen molar-refractivity contribution in [2.45, 2.75) is 13.5 Å². The summed E-state index contributed by atoms with van der Waals surface area (Å²) in [6, 6.07) is 8.16. The zero-order chi connectivity index (χ0) is 10.4. The van der Waals surface area contributed by atoms with E-state index in [0.717, 1.165) is 17.6 Å². The van der Waals surface area contributed by atoms with Gasteiger partial charge in [0.1, 0.15) is 0 Å².